The Morgan fingerprint density at radius 2 is 2.16 bits per heavy atom. The van der Waals surface area contributed by atoms with Gasteiger partial charge in [0.15, 0.2) is 6.61 Å². The first kappa shape index (κ1) is 17.7. The fourth-order valence-corrected chi connectivity index (χ4v) is 4.32. The number of carbonyl (C=O) groups is 1. The van der Waals surface area contributed by atoms with Crippen molar-refractivity contribution in [2.75, 3.05) is 11.9 Å². The summed E-state index contributed by atoms with van der Waals surface area (Å²) in [5.41, 5.74) is 1.64. The lowest BCUT2D eigenvalue weighted by Gasteiger charge is -2.08. The van der Waals surface area contributed by atoms with Crippen molar-refractivity contribution in [3.8, 4) is 11.8 Å². The van der Waals surface area contributed by atoms with E-state index in [2.05, 4.69) is 11.4 Å². The second-order valence-electron chi connectivity index (χ2n) is 5.79. The molecule has 0 saturated heterocycles. The third-order valence-corrected chi connectivity index (χ3v) is 5.54. The fourth-order valence-electron chi connectivity index (χ4n) is 2.85. The predicted molar refractivity (Wildman–Crippen MR) is 95.8 cm³/mol. The van der Waals surface area contributed by atoms with Crippen LogP contribution in [-0.4, -0.2) is 12.5 Å². The average molecular weight is 379 g/mol. The van der Waals surface area contributed by atoms with Gasteiger partial charge in [0.2, 0.25) is 0 Å². The van der Waals surface area contributed by atoms with Crippen molar-refractivity contribution < 1.29 is 13.9 Å². The molecule has 0 saturated carbocycles. The average Bonchev–Trinajstić information content (AvgIpc) is 2.74. The smallest absolute Gasteiger partial charge is 0.262 e. The maximum Gasteiger partial charge on any atom is 0.262 e. The van der Waals surface area contributed by atoms with Crippen LogP contribution in [0.15, 0.2) is 18.2 Å². The van der Waals surface area contributed by atoms with E-state index in [1.807, 2.05) is 0 Å². The summed E-state index contributed by atoms with van der Waals surface area (Å²) in [6.45, 7) is -0.265. The molecular weight excluding hydrogens is 363 g/mol. The van der Waals surface area contributed by atoms with E-state index in [9.17, 15) is 14.4 Å². The van der Waals surface area contributed by atoms with Crippen LogP contribution >= 0.6 is 22.9 Å². The molecular formula is C18H16ClFN2O2S. The summed E-state index contributed by atoms with van der Waals surface area (Å²) in [7, 11) is 0. The first-order valence-electron chi connectivity index (χ1n) is 8.01. The molecule has 0 aliphatic heterocycles. The number of rotatable bonds is 4. The lowest BCUT2D eigenvalue weighted by atomic mass is 10.1. The molecule has 0 bridgehead atoms. The highest BCUT2D eigenvalue weighted by Crippen LogP contribution is 2.37. The quantitative estimate of drug-likeness (QED) is 0.784. The van der Waals surface area contributed by atoms with Crippen LogP contribution in [0.2, 0.25) is 5.02 Å². The van der Waals surface area contributed by atoms with Gasteiger partial charge in [-0.05, 0) is 49.4 Å². The Bertz CT molecular complexity index is 844. The second-order valence-corrected chi connectivity index (χ2v) is 7.30. The van der Waals surface area contributed by atoms with E-state index in [1.165, 1.54) is 34.8 Å². The van der Waals surface area contributed by atoms with Crippen LogP contribution in [-0.2, 0) is 17.6 Å². The van der Waals surface area contributed by atoms with Gasteiger partial charge in [0.05, 0.1) is 10.6 Å². The second kappa shape index (κ2) is 7.85. The minimum Gasteiger partial charge on any atom is -0.482 e. The number of hydrogen-bond donors (Lipinski definition) is 1. The van der Waals surface area contributed by atoms with Gasteiger partial charge in [-0.15, -0.1) is 11.3 Å². The van der Waals surface area contributed by atoms with E-state index in [-0.39, 0.29) is 23.3 Å². The zero-order valence-electron chi connectivity index (χ0n) is 13.4. The SMILES string of the molecule is N#Cc1c(NC(=O)COc2ccc(F)cc2Cl)sc2c1CCCCC2. The normalized spacial score (nSPS) is 13.5. The van der Waals surface area contributed by atoms with Crippen molar-refractivity contribution in [2.45, 2.75) is 32.1 Å². The highest BCUT2D eigenvalue weighted by molar-refractivity contribution is 7.16. The molecule has 130 valence electrons. The third-order valence-electron chi connectivity index (χ3n) is 4.04. The fraction of sp³-hybridized carbons (Fsp3) is 0.333. The highest BCUT2D eigenvalue weighted by Gasteiger charge is 2.21. The van der Waals surface area contributed by atoms with Crippen LogP contribution < -0.4 is 10.1 Å². The van der Waals surface area contributed by atoms with Gasteiger partial charge in [-0.25, -0.2) is 4.39 Å². The summed E-state index contributed by atoms with van der Waals surface area (Å²) in [5.74, 6) is -0.616. The van der Waals surface area contributed by atoms with Gasteiger partial charge in [0.25, 0.3) is 5.91 Å². The van der Waals surface area contributed by atoms with Gasteiger partial charge < -0.3 is 10.1 Å². The number of ether oxygens (including phenoxy) is 1. The molecule has 0 atom stereocenters. The summed E-state index contributed by atoms with van der Waals surface area (Å²) in [5, 5.41) is 12.9. The van der Waals surface area contributed by atoms with Crippen molar-refractivity contribution >= 4 is 33.8 Å². The number of nitrogens with one attached hydrogen (secondary N) is 1. The van der Waals surface area contributed by atoms with E-state index >= 15 is 0 Å². The number of halogens is 2. The summed E-state index contributed by atoms with van der Waals surface area (Å²) in [4.78, 5) is 13.3. The van der Waals surface area contributed by atoms with E-state index in [4.69, 9.17) is 16.3 Å². The Kier molecular flexibility index (Phi) is 5.57. The van der Waals surface area contributed by atoms with Crippen LogP contribution in [0.3, 0.4) is 0 Å². The standard InChI is InChI=1S/C18H16ClFN2O2S/c19-14-8-11(20)6-7-15(14)24-10-17(23)22-18-13(9-21)12-4-2-1-3-5-16(12)25-18/h6-8H,1-5,10H2,(H,22,23). The number of nitriles is 1. The van der Waals surface area contributed by atoms with Crippen molar-refractivity contribution in [3.05, 3.63) is 45.0 Å². The molecule has 1 aromatic heterocycles. The minimum atomic E-state index is -0.472. The third kappa shape index (κ3) is 4.12. The Morgan fingerprint density at radius 3 is 2.92 bits per heavy atom. The summed E-state index contributed by atoms with van der Waals surface area (Å²) in [6, 6.07) is 5.93. The monoisotopic (exact) mass is 378 g/mol. The molecule has 1 N–H and O–H groups in total. The number of thiophene rings is 1. The van der Waals surface area contributed by atoms with E-state index < -0.39 is 5.82 Å². The van der Waals surface area contributed by atoms with E-state index in [1.54, 1.807) is 0 Å². The summed E-state index contributed by atoms with van der Waals surface area (Å²) < 4.78 is 18.3. The first-order valence-corrected chi connectivity index (χ1v) is 9.20. The Balaban J connectivity index is 1.68. The van der Waals surface area contributed by atoms with Gasteiger partial charge >= 0.3 is 0 Å². The van der Waals surface area contributed by atoms with Crippen molar-refractivity contribution in [2.24, 2.45) is 0 Å². The Hall–Kier alpha value is -2.10. The van der Waals surface area contributed by atoms with Gasteiger partial charge in [0.1, 0.15) is 22.6 Å². The number of fused-ring (bicyclic) bond motifs is 1. The molecule has 1 aromatic carbocycles. The van der Waals surface area contributed by atoms with Crippen LogP contribution in [0.4, 0.5) is 9.39 Å². The van der Waals surface area contributed by atoms with Crippen LogP contribution in [0.25, 0.3) is 0 Å². The number of benzene rings is 1. The molecule has 0 fully saturated rings. The van der Waals surface area contributed by atoms with E-state index in [0.29, 0.717) is 10.6 Å². The van der Waals surface area contributed by atoms with Crippen LogP contribution in [0.5, 0.6) is 5.75 Å². The molecule has 4 nitrogen and oxygen atoms in total. The maximum absolute atomic E-state index is 13.0. The Morgan fingerprint density at radius 1 is 1.36 bits per heavy atom. The Labute approximate surface area is 154 Å². The molecule has 0 radical (unpaired) electrons. The number of aryl methyl sites for hydroxylation is 1. The number of anilines is 1. The zero-order valence-corrected chi connectivity index (χ0v) is 15.0. The van der Waals surface area contributed by atoms with Gasteiger partial charge in [-0.3, -0.25) is 4.79 Å². The van der Waals surface area contributed by atoms with Gasteiger partial charge in [-0.2, -0.15) is 5.26 Å². The molecule has 1 aliphatic rings. The lowest BCUT2D eigenvalue weighted by molar-refractivity contribution is -0.118. The zero-order chi connectivity index (χ0) is 17.8. The topological polar surface area (TPSA) is 62.1 Å². The van der Waals surface area contributed by atoms with Gasteiger partial charge in [-0.1, -0.05) is 18.0 Å². The van der Waals surface area contributed by atoms with Crippen molar-refractivity contribution in [1.82, 2.24) is 0 Å². The first-order chi connectivity index (χ1) is 12.1. The van der Waals surface area contributed by atoms with Crippen LogP contribution in [0, 0.1) is 17.1 Å². The molecule has 7 heteroatoms. The number of amides is 1. The predicted octanol–water partition coefficient (Wildman–Crippen LogP) is 4.70. The number of carbonyl (C=O) groups excluding carboxylic acids is 1. The molecule has 0 unspecified atom stereocenters. The van der Waals surface area contributed by atoms with Gasteiger partial charge in [0, 0.05) is 4.88 Å². The molecule has 1 aliphatic carbocycles. The van der Waals surface area contributed by atoms with E-state index in [0.717, 1.165) is 37.3 Å². The van der Waals surface area contributed by atoms with Crippen molar-refractivity contribution in [1.29, 1.82) is 5.26 Å². The van der Waals surface area contributed by atoms with Crippen molar-refractivity contribution in [3.63, 3.8) is 0 Å². The summed E-state index contributed by atoms with van der Waals surface area (Å²) >= 11 is 7.34. The largest absolute Gasteiger partial charge is 0.482 e. The molecule has 0 spiro atoms. The summed E-state index contributed by atoms with van der Waals surface area (Å²) in [6.07, 6.45) is 5.18. The molecule has 3 rings (SSSR count). The molecule has 1 amide bonds. The highest BCUT2D eigenvalue weighted by atomic mass is 35.5. The lowest BCUT2D eigenvalue weighted by Crippen LogP contribution is -2.20. The number of hydrogen-bond acceptors (Lipinski definition) is 4. The molecule has 25 heavy (non-hydrogen) atoms. The number of nitrogens with zero attached hydrogens (tertiary/aromatic N) is 1. The molecule has 1 heterocycles. The minimum absolute atomic E-state index is 0.105. The van der Waals surface area contributed by atoms with Crippen LogP contribution in [0.1, 0.15) is 35.3 Å². The maximum atomic E-state index is 13.0. The molecule has 2 aromatic rings.